The molecule has 7 heteroatoms. The van der Waals surface area contributed by atoms with Gasteiger partial charge in [-0.2, -0.15) is 4.98 Å². The highest BCUT2D eigenvalue weighted by Crippen LogP contribution is 2.29. The lowest BCUT2D eigenvalue weighted by Crippen LogP contribution is -2.36. The van der Waals surface area contributed by atoms with Gasteiger partial charge in [-0.05, 0) is 92.7 Å². The summed E-state index contributed by atoms with van der Waals surface area (Å²) in [6, 6.07) is 8.37. The molecule has 0 aliphatic carbocycles. The summed E-state index contributed by atoms with van der Waals surface area (Å²) in [6.07, 6.45) is 8.11. The largest absolute Gasteiger partial charge is 0.494 e. The molecule has 2 saturated heterocycles. The molecule has 1 aromatic carbocycles. The van der Waals surface area contributed by atoms with Gasteiger partial charge in [-0.1, -0.05) is 6.92 Å². The first-order valence-corrected chi connectivity index (χ1v) is 12.5. The fourth-order valence-corrected chi connectivity index (χ4v) is 4.92. The zero-order valence-corrected chi connectivity index (χ0v) is 19.1. The van der Waals surface area contributed by atoms with E-state index >= 15 is 0 Å². The fourth-order valence-electron chi connectivity index (χ4n) is 4.51. The molecular weight excluding hydrogens is 396 g/mol. The molecule has 1 aromatic heterocycles. The molecule has 0 amide bonds. The van der Waals surface area contributed by atoms with E-state index < -0.39 is 0 Å². The number of benzene rings is 1. The van der Waals surface area contributed by atoms with Crippen molar-refractivity contribution in [3.63, 3.8) is 0 Å². The van der Waals surface area contributed by atoms with Crippen LogP contribution < -0.4 is 9.64 Å². The van der Waals surface area contributed by atoms with Gasteiger partial charge in [-0.15, -0.1) is 11.8 Å². The van der Waals surface area contributed by atoms with Crippen LogP contribution in [0, 0.1) is 11.8 Å². The zero-order valence-electron chi connectivity index (χ0n) is 18.3. The number of aromatic nitrogens is 2. The third-order valence-corrected chi connectivity index (χ3v) is 7.29. The van der Waals surface area contributed by atoms with Gasteiger partial charge in [0.2, 0.25) is 5.89 Å². The van der Waals surface area contributed by atoms with Crippen LogP contribution in [0.1, 0.15) is 44.9 Å². The smallest absolute Gasteiger partial charge is 0.266 e. The van der Waals surface area contributed by atoms with Crippen molar-refractivity contribution in [2.45, 2.75) is 50.5 Å². The third kappa shape index (κ3) is 5.70. The van der Waals surface area contributed by atoms with Crippen LogP contribution in [0.3, 0.4) is 0 Å². The molecule has 0 saturated carbocycles. The number of ether oxygens (including phenoxy) is 1. The molecule has 30 heavy (non-hydrogen) atoms. The molecule has 0 spiro atoms. The molecule has 0 bridgehead atoms. The maximum Gasteiger partial charge on any atom is 0.266 e. The van der Waals surface area contributed by atoms with E-state index in [9.17, 15) is 0 Å². The highest BCUT2D eigenvalue weighted by Gasteiger charge is 2.26. The first kappa shape index (κ1) is 21.5. The number of hydrogen-bond donors (Lipinski definition) is 0. The maximum atomic E-state index is 5.96. The number of anilines is 1. The Morgan fingerprint density at radius 1 is 1.13 bits per heavy atom. The quantitative estimate of drug-likeness (QED) is 0.534. The van der Waals surface area contributed by atoms with Gasteiger partial charge in [-0.25, -0.2) is 0 Å². The van der Waals surface area contributed by atoms with E-state index in [0.29, 0.717) is 5.92 Å². The molecule has 3 heterocycles. The lowest BCUT2D eigenvalue weighted by molar-refractivity contribution is 0.222. The summed E-state index contributed by atoms with van der Waals surface area (Å²) in [5.41, 5.74) is 0. The standard InChI is InChI=1S/C23H34N4O2S/c1-18(11-16-28-20-5-7-21(30-2)8-6-20)19-9-14-27(15-10-19)23-24-22(29-25-23)17-26-12-3-4-13-26/h5-8,18-19H,3-4,9-17H2,1-2H3. The number of likely N-dealkylation sites (tertiary alicyclic amines) is 1. The van der Waals surface area contributed by atoms with Crippen LogP contribution in [-0.4, -0.2) is 54.1 Å². The number of hydrogen-bond acceptors (Lipinski definition) is 7. The maximum absolute atomic E-state index is 5.96. The van der Waals surface area contributed by atoms with Crippen molar-refractivity contribution in [3.8, 4) is 5.75 Å². The van der Waals surface area contributed by atoms with Crippen molar-refractivity contribution in [2.24, 2.45) is 11.8 Å². The predicted octanol–water partition coefficient (Wildman–Crippen LogP) is 4.71. The van der Waals surface area contributed by atoms with Crippen molar-refractivity contribution in [2.75, 3.05) is 43.9 Å². The summed E-state index contributed by atoms with van der Waals surface area (Å²) in [7, 11) is 0. The second-order valence-electron chi connectivity index (χ2n) is 8.59. The van der Waals surface area contributed by atoms with E-state index in [2.05, 4.69) is 57.4 Å². The van der Waals surface area contributed by atoms with E-state index in [1.54, 1.807) is 11.8 Å². The normalized spacial score (nSPS) is 19.3. The highest BCUT2D eigenvalue weighted by atomic mass is 32.2. The molecule has 1 atom stereocenters. The Bertz CT molecular complexity index is 768. The Morgan fingerprint density at radius 3 is 2.57 bits per heavy atom. The van der Waals surface area contributed by atoms with E-state index in [0.717, 1.165) is 69.3 Å². The van der Waals surface area contributed by atoms with Crippen LogP contribution in [0.4, 0.5) is 5.95 Å². The van der Waals surface area contributed by atoms with Crippen LogP contribution in [0.25, 0.3) is 0 Å². The van der Waals surface area contributed by atoms with E-state index in [4.69, 9.17) is 9.26 Å². The molecule has 0 radical (unpaired) electrons. The predicted molar refractivity (Wildman–Crippen MR) is 121 cm³/mol. The molecule has 2 fully saturated rings. The Balaban J connectivity index is 1.17. The summed E-state index contributed by atoms with van der Waals surface area (Å²) in [5, 5.41) is 4.24. The first-order chi connectivity index (χ1) is 14.7. The number of piperidine rings is 1. The van der Waals surface area contributed by atoms with Crippen LogP contribution in [0.15, 0.2) is 33.7 Å². The number of thioether (sulfide) groups is 1. The summed E-state index contributed by atoms with van der Waals surface area (Å²) < 4.78 is 11.5. The molecule has 6 nitrogen and oxygen atoms in total. The monoisotopic (exact) mass is 430 g/mol. The van der Waals surface area contributed by atoms with Gasteiger partial charge in [0.05, 0.1) is 13.2 Å². The van der Waals surface area contributed by atoms with E-state index in [1.165, 1.54) is 30.6 Å². The van der Waals surface area contributed by atoms with Gasteiger partial charge in [0.25, 0.3) is 5.95 Å². The van der Waals surface area contributed by atoms with Crippen LogP contribution in [-0.2, 0) is 6.54 Å². The van der Waals surface area contributed by atoms with Gasteiger partial charge in [0.15, 0.2) is 0 Å². The van der Waals surface area contributed by atoms with Crippen molar-refractivity contribution in [1.82, 2.24) is 15.0 Å². The summed E-state index contributed by atoms with van der Waals surface area (Å²) in [4.78, 5) is 10.6. The number of nitrogens with zero attached hydrogens (tertiary/aromatic N) is 4. The van der Waals surface area contributed by atoms with Gasteiger partial charge < -0.3 is 14.2 Å². The van der Waals surface area contributed by atoms with Crippen molar-refractivity contribution in [1.29, 1.82) is 0 Å². The first-order valence-electron chi connectivity index (χ1n) is 11.3. The summed E-state index contributed by atoms with van der Waals surface area (Å²) in [5.74, 6) is 3.89. The summed E-state index contributed by atoms with van der Waals surface area (Å²) in [6.45, 7) is 8.25. The molecular formula is C23H34N4O2S. The third-order valence-electron chi connectivity index (χ3n) is 6.54. The number of rotatable bonds is 9. The Kier molecular flexibility index (Phi) is 7.55. The van der Waals surface area contributed by atoms with Crippen molar-refractivity contribution in [3.05, 3.63) is 30.2 Å². The SMILES string of the molecule is CSc1ccc(OCCC(C)C2CCN(c3noc(CN4CCCC4)n3)CC2)cc1. The average molecular weight is 431 g/mol. The second-order valence-corrected chi connectivity index (χ2v) is 9.47. The topological polar surface area (TPSA) is 54.6 Å². The molecule has 2 aromatic rings. The lowest BCUT2D eigenvalue weighted by Gasteiger charge is -2.34. The molecule has 2 aliphatic rings. The molecule has 0 N–H and O–H groups in total. The molecule has 1 unspecified atom stereocenters. The summed E-state index contributed by atoms with van der Waals surface area (Å²) >= 11 is 1.76. The molecule has 4 rings (SSSR count). The minimum absolute atomic E-state index is 0.661. The Hall–Kier alpha value is -1.73. The van der Waals surface area contributed by atoms with Crippen LogP contribution in [0.2, 0.25) is 0 Å². The van der Waals surface area contributed by atoms with Gasteiger partial charge in [-0.3, -0.25) is 4.90 Å². The fraction of sp³-hybridized carbons (Fsp3) is 0.652. The van der Waals surface area contributed by atoms with Crippen molar-refractivity contribution < 1.29 is 9.26 Å². The van der Waals surface area contributed by atoms with Gasteiger partial charge in [0.1, 0.15) is 5.75 Å². The van der Waals surface area contributed by atoms with Crippen LogP contribution in [0.5, 0.6) is 5.75 Å². The van der Waals surface area contributed by atoms with Crippen LogP contribution >= 0.6 is 11.8 Å². The minimum Gasteiger partial charge on any atom is -0.494 e. The van der Waals surface area contributed by atoms with E-state index in [1.807, 2.05) is 0 Å². The van der Waals surface area contributed by atoms with Crippen molar-refractivity contribution >= 4 is 17.7 Å². The molecule has 2 aliphatic heterocycles. The highest BCUT2D eigenvalue weighted by molar-refractivity contribution is 7.98. The Morgan fingerprint density at radius 2 is 1.87 bits per heavy atom. The lowest BCUT2D eigenvalue weighted by atomic mass is 9.84. The average Bonchev–Trinajstić information content (AvgIpc) is 3.47. The van der Waals surface area contributed by atoms with E-state index in [-0.39, 0.29) is 0 Å². The Labute approximate surface area is 184 Å². The zero-order chi connectivity index (χ0) is 20.8. The van der Waals surface area contributed by atoms with Gasteiger partial charge >= 0.3 is 0 Å². The minimum atomic E-state index is 0.661. The van der Waals surface area contributed by atoms with Gasteiger partial charge in [0, 0.05) is 18.0 Å². The second kappa shape index (κ2) is 10.5. The molecule has 164 valence electrons.